The molecule has 0 saturated heterocycles. The van der Waals surface area contributed by atoms with Gasteiger partial charge in [-0.15, -0.1) is 0 Å². The van der Waals surface area contributed by atoms with Gasteiger partial charge in [-0.3, -0.25) is 0 Å². The molecular formula is C10H4ClF3N2S. The molecule has 0 aliphatic heterocycles. The van der Waals surface area contributed by atoms with Gasteiger partial charge in [-0.1, -0.05) is 11.8 Å². The Morgan fingerprint density at radius 3 is 2.53 bits per heavy atom. The Balaban J connectivity index is 2.31. The summed E-state index contributed by atoms with van der Waals surface area (Å²) in [5.41, 5.74) is 0. The standard InChI is InChI=1S/C10H4ClF3N2S/c11-10-15-4-8(14)9(16-10)17-5-1-2-6(12)7(13)3-5/h1-4H. The average Bonchev–Trinajstić information content (AvgIpc) is 2.29. The van der Waals surface area contributed by atoms with Gasteiger partial charge >= 0.3 is 0 Å². The molecule has 0 radical (unpaired) electrons. The minimum Gasteiger partial charge on any atom is -0.223 e. The first-order valence-corrected chi connectivity index (χ1v) is 5.56. The molecule has 0 aliphatic rings. The maximum absolute atomic E-state index is 13.3. The van der Waals surface area contributed by atoms with Gasteiger partial charge in [0.2, 0.25) is 5.28 Å². The van der Waals surface area contributed by atoms with Crippen molar-refractivity contribution in [2.24, 2.45) is 0 Å². The Morgan fingerprint density at radius 2 is 1.82 bits per heavy atom. The molecule has 17 heavy (non-hydrogen) atoms. The van der Waals surface area contributed by atoms with E-state index in [0.29, 0.717) is 4.90 Å². The zero-order valence-corrected chi connectivity index (χ0v) is 9.70. The van der Waals surface area contributed by atoms with Gasteiger partial charge in [-0.05, 0) is 29.8 Å². The molecule has 0 spiro atoms. The number of nitrogens with zero attached hydrogens (tertiary/aromatic N) is 2. The lowest BCUT2D eigenvalue weighted by Crippen LogP contribution is -1.91. The summed E-state index contributed by atoms with van der Waals surface area (Å²) in [5.74, 6) is -2.64. The average molecular weight is 277 g/mol. The minimum atomic E-state index is -1.00. The van der Waals surface area contributed by atoms with Crippen molar-refractivity contribution >= 4 is 23.4 Å². The largest absolute Gasteiger partial charge is 0.223 e. The molecule has 1 aromatic carbocycles. The van der Waals surface area contributed by atoms with Crippen molar-refractivity contribution in [2.75, 3.05) is 0 Å². The van der Waals surface area contributed by atoms with Crippen molar-refractivity contribution in [2.45, 2.75) is 9.92 Å². The number of aromatic nitrogens is 2. The van der Waals surface area contributed by atoms with Crippen molar-refractivity contribution in [3.05, 3.63) is 47.1 Å². The molecule has 1 aromatic heterocycles. The fourth-order valence-electron chi connectivity index (χ4n) is 1.05. The number of hydrogen-bond acceptors (Lipinski definition) is 3. The fourth-order valence-corrected chi connectivity index (χ4v) is 2.04. The third kappa shape index (κ3) is 2.89. The normalized spacial score (nSPS) is 10.6. The second-order valence-electron chi connectivity index (χ2n) is 2.97. The first-order chi connectivity index (χ1) is 8.06. The molecule has 2 rings (SSSR count). The molecule has 7 heteroatoms. The number of benzene rings is 1. The first kappa shape index (κ1) is 12.2. The van der Waals surface area contributed by atoms with Crippen molar-refractivity contribution in [1.29, 1.82) is 0 Å². The predicted octanol–water partition coefficient (Wildman–Crippen LogP) is 3.70. The van der Waals surface area contributed by atoms with E-state index in [-0.39, 0.29) is 10.3 Å². The van der Waals surface area contributed by atoms with Crippen LogP contribution in [0.5, 0.6) is 0 Å². The predicted molar refractivity (Wildman–Crippen MR) is 57.5 cm³/mol. The Bertz CT molecular complexity index is 565. The summed E-state index contributed by atoms with van der Waals surface area (Å²) < 4.78 is 38.9. The summed E-state index contributed by atoms with van der Waals surface area (Å²) in [4.78, 5) is 7.41. The lowest BCUT2D eigenvalue weighted by atomic mass is 10.3. The number of halogens is 4. The Kier molecular flexibility index (Phi) is 3.54. The molecule has 0 aliphatic carbocycles. The van der Waals surface area contributed by atoms with Crippen LogP contribution in [-0.2, 0) is 0 Å². The highest BCUT2D eigenvalue weighted by atomic mass is 35.5. The number of hydrogen-bond donors (Lipinski definition) is 0. The maximum Gasteiger partial charge on any atom is 0.223 e. The highest BCUT2D eigenvalue weighted by molar-refractivity contribution is 7.99. The van der Waals surface area contributed by atoms with Gasteiger partial charge in [-0.2, -0.15) is 0 Å². The molecule has 0 unspecified atom stereocenters. The molecule has 88 valence electrons. The van der Waals surface area contributed by atoms with E-state index in [1.165, 1.54) is 6.07 Å². The summed E-state index contributed by atoms with van der Waals surface area (Å²) in [5, 5.41) is -0.160. The fraction of sp³-hybridized carbons (Fsp3) is 0. The van der Waals surface area contributed by atoms with E-state index >= 15 is 0 Å². The molecule has 0 amide bonds. The highest BCUT2D eigenvalue weighted by Crippen LogP contribution is 2.29. The zero-order chi connectivity index (χ0) is 12.4. The molecule has 0 atom stereocenters. The SMILES string of the molecule is Fc1ccc(Sc2nc(Cl)ncc2F)cc1F. The first-order valence-electron chi connectivity index (χ1n) is 4.37. The van der Waals surface area contributed by atoms with E-state index in [0.717, 1.165) is 30.1 Å². The Morgan fingerprint density at radius 1 is 1.06 bits per heavy atom. The molecule has 0 saturated carbocycles. The summed E-state index contributed by atoms with van der Waals surface area (Å²) in [6, 6.07) is 3.23. The highest BCUT2D eigenvalue weighted by Gasteiger charge is 2.10. The van der Waals surface area contributed by atoms with Crippen LogP contribution in [0, 0.1) is 17.5 Å². The van der Waals surface area contributed by atoms with Gasteiger partial charge in [0.1, 0.15) is 5.03 Å². The van der Waals surface area contributed by atoms with E-state index in [1.54, 1.807) is 0 Å². The van der Waals surface area contributed by atoms with Crippen LogP contribution in [0.1, 0.15) is 0 Å². The van der Waals surface area contributed by atoms with Crippen LogP contribution >= 0.6 is 23.4 Å². The van der Waals surface area contributed by atoms with Gasteiger partial charge in [0, 0.05) is 4.90 Å². The maximum atomic E-state index is 13.3. The van der Waals surface area contributed by atoms with Crippen LogP contribution in [0.3, 0.4) is 0 Å². The lowest BCUT2D eigenvalue weighted by molar-refractivity contribution is 0.506. The van der Waals surface area contributed by atoms with Crippen LogP contribution in [0.4, 0.5) is 13.2 Å². The van der Waals surface area contributed by atoms with Gasteiger partial charge in [0.05, 0.1) is 6.20 Å². The molecule has 0 bridgehead atoms. The van der Waals surface area contributed by atoms with Gasteiger partial charge in [-0.25, -0.2) is 23.1 Å². The summed E-state index contributed by atoms with van der Waals surface area (Å²) in [6.45, 7) is 0. The van der Waals surface area contributed by atoms with Crippen LogP contribution in [0.15, 0.2) is 34.3 Å². The molecule has 1 heterocycles. The van der Waals surface area contributed by atoms with Crippen LogP contribution in [-0.4, -0.2) is 9.97 Å². The number of rotatable bonds is 2. The van der Waals surface area contributed by atoms with Crippen molar-refractivity contribution in [3.8, 4) is 0 Å². The Labute approximate surface area is 104 Å². The van der Waals surface area contributed by atoms with Crippen LogP contribution < -0.4 is 0 Å². The van der Waals surface area contributed by atoms with E-state index in [2.05, 4.69) is 9.97 Å². The smallest absolute Gasteiger partial charge is 0.223 e. The monoisotopic (exact) mass is 276 g/mol. The van der Waals surface area contributed by atoms with Crippen molar-refractivity contribution in [1.82, 2.24) is 9.97 Å². The summed E-state index contributed by atoms with van der Waals surface area (Å²) in [6.07, 6.45) is 0.914. The lowest BCUT2D eigenvalue weighted by Gasteiger charge is -2.02. The van der Waals surface area contributed by atoms with Gasteiger partial charge in [0.15, 0.2) is 17.5 Å². The van der Waals surface area contributed by atoms with Gasteiger partial charge in [0.25, 0.3) is 0 Å². The van der Waals surface area contributed by atoms with E-state index in [4.69, 9.17) is 11.6 Å². The van der Waals surface area contributed by atoms with Gasteiger partial charge < -0.3 is 0 Å². The van der Waals surface area contributed by atoms with Crippen molar-refractivity contribution < 1.29 is 13.2 Å². The molecular weight excluding hydrogens is 273 g/mol. The second-order valence-corrected chi connectivity index (χ2v) is 4.37. The van der Waals surface area contributed by atoms with Crippen LogP contribution in [0.25, 0.3) is 0 Å². The molecule has 0 N–H and O–H groups in total. The third-order valence-corrected chi connectivity index (χ3v) is 2.94. The quantitative estimate of drug-likeness (QED) is 0.618. The van der Waals surface area contributed by atoms with E-state index in [1.807, 2.05) is 0 Å². The summed E-state index contributed by atoms with van der Waals surface area (Å²) in [7, 11) is 0. The molecule has 0 fully saturated rings. The second kappa shape index (κ2) is 4.93. The topological polar surface area (TPSA) is 25.8 Å². The minimum absolute atomic E-state index is 0.0454. The third-order valence-electron chi connectivity index (χ3n) is 1.79. The van der Waals surface area contributed by atoms with Crippen LogP contribution in [0.2, 0.25) is 5.28 Å². The van der Waals surface area contributed by atoms with Crippen molar-refractivity contribution in [3.63, 3.8) is 0 Å². The summed E-state index contributed by atoms with van der Waals surface area (Å²) >= 11 is 6.34. The zero-order valence-electron chi connectivity index (χ0n) is 8.12. The molecule has 2 nitrogen and oxygen atoms in total. The molecule has 2 aromatic rings. The van der Waals surface area contributed by atoms with E-state index in [9.17, 15) is 13.2 Å². The van der Waals surface area contributed by atoms with E-state index < -0.39 is 17.5 Å². The Hall–Kier alpha value is -1.27.